The Labute approximate surface area is 202 Å². The number of rotatable bonds is 6. The Balaban J connectivity index is 1.66. The number of para-hydroxylation sites is 1. The average molecular weight is 472 g/mol. The number of hydrogen-bond acceptors (Lipinski definition) is 3. The first-order chi connectivity index (χ1) is 17.0. The number of amides is 2. The van der Waals surface area contributed by atoms with E-state index >= 15 is 0 Å². The number of benzene rings is 3. The number of methoxy groups -OCH3 is 1. The monoisotopic (exact) mass is 471 g/mol. The van der Waals surface area contributed by atoms with Crippen LogP contribution >= 0.6 is 0 Å². The average Bonchev–Trinajstić information content (AvgIpc) is 3.29. The van der Waals surface area contributed by atoms with E-state index < -0.39 is 17.8 Å². The normalized spacial score (nSPS) is 17.5. The molecule has 0 bridgehead atoms. The molecule has 4 aromatic rings. The first-order valence-corrected chi connectivity index (χ1v) is 11.5. The van der Waals surface area contributed by atoms with Crippen LogP contribution in [0.3, 0.4) is 0 Å². The Hall–Kier alpha value is -3.97. The first-order valence-electron chi connectivity index (χ1n) is 11.5. The maximum Gasteiger partial charge on any atom is 0.254 e. The molecule has 7 heteroatoms. The fraction of sp³-hybridized carbons (Fsp3) is 0.214. The Kier molecular flexibility index (Phi) is 6.09. The molecular formula is C28H26FN3O3. The van der Waals surface area contributed by atoms with E-state index in [0.29, 0.717) is 35.5 Å². The maximum absolute atomic E-state index is 14.2. The molecule has 1 aromatic heterocycles. The molecule has 0 radical (unpaired) electrons. The van der Waals surface area contributed by atoms with Crippen LogP contribution in [0.25, 0.3) is 10.9 Å². The number of halogens is 1. The molecule has 3 aromatic carbocycles. The van der Waals surface area contributed by atoms with Crippen LogP contribution in [0.1, 0.15) is 39.0 Å². The lowest BCUT2D eigenvalue weighted by Crippen LogP contribution is -2.47. The fourth-order valence-electron chi connectivity index (χ4n) is 4.89. The summed E-state index contributed by atoms with van der Waals surface area (Å²) in [6.07, 6.45) is 1.86. The smallest absolute Gasteiger partial charge is 0.254 e. The van der Waals surface area contributed by atoms with E-state index in [1.54, 1.807) is 43.2 Å². The standard InChI is InChI=1S/C28H26FN3O3/c1-17-11-12-18(15-23(17)29)31-27(33)25-20-8-3-4-9-21(20)28(34)32(13-14-35-2)26(25)22-16-30-24-10-6-5-7-19(22)24/h3-12,15-16,25-26,30H,13-14H2,1-2H3,(H,31,33)/t25-,26-/m0/s1. The number of nitrogens with one attached hydrogen (secondary N) is 2. The van der Waals surface area contributed by atoms with Crippen molar-refractivity contribution >= 4 is 28.4 Å². The van der Waals surface area contributed by atoms with Gasteiger partial charge >= 0.3 is 0 Å². The van der Waals surface area contributed by atoms with Gasteiger partial charge in [-0.25, -0.2) is 4.39 Å². The fourth-order valence-corrected chi connectivity index (χ4v) is 4.89. The predicted molar refractivity (Wildman–Crippen MR) is 133 cm³/mol. The van der Waals surface area contributed by atoms with Crippen molar-refractivity contribution in [3.8, 4) is 0 Å². The summed E-state index contributed by atoms with van der Waals surface area (Å²) in [7, 11) is 1.58. The van der Waals surface area contributed by atoms with E-state index in [9.17, 15) is 14.0 Å². The van der Waals surface area contributed by atoms with Gasteiger partial charge in [-0.1, -0.05) is 42.5 Å². The quantitative estimate of drug-likeness (QED) is 0.407. The summed E-state index contributed by atoms with van der Waals surface area (Å²) in [4.78, 5) is 32.5. The number of fused-ring (bicyclic) bond motifs is 2. The van der Waals surface area contributed by atoms with Gasteiger partial charge in [-0.05, 0) is 42.3 Å². The molecule has 178 valence electrons. The number of hydrogen-bond donors (Lipinski definition) is 2. The van der Waals surface area contributed by atoms with Gasteiger partial charge in [-0.2, -0.15) is 0 Å². The molecule has 0 fully saturated rings. The number of aryl methyl sites for hydroxylation is 1. The first kappa shape index (κ1) is 22.8. The lowest BCUT2D eigenvalue weighted by Gasteiger charge is -2.41. The van der Waals surface area contributed by atoms with Crippen LogP contribution in [-0.2, 0) is 9.53 Å². The van der Waals surface area contributed by atoms with Gasteiger partial charge in [-0.15, -0.1) is 0 Å². The third-order valence-corrected chi connectivity index (χ3v) is 6.64. The number of carbonyl (C=O) groups excluding carboxylic acids is 2. The molecule has 0 saturated carbocycles. The summed E-state index contributed by atoms with van der Waals surface area (Å²) in [5.41, 5.74) is 3.75. The zero-order valence-corrected chi connectivity index (χ0v) is 19.5. The van der Waals surface area contributed by atoms with Gasteiger partial charge in [0.25, 0.3) is 5.91 Å². The minimum absolute atomic E-state index is 0.154. The Morgan fingerprint density at radius 1 is 1.09 bits per heavy atom. The number of carbonyl (C=O) groups is 2. The number of H-pyrrole nitrogens is 1. The Morgan fingerprint density at radius 3 is 2.66 bits per heavy atom. The second-order valence-electron chi connectivity index (χ2n) is 8.74. The van der Waals surface area contributed by atoms with Gasteiger partial charge in [0.1, 0.15) is 5.82 Å². The zero-order valence-electron chi connectivity index (χ0n) is 19.5. The van der Waals surface area contributed by atoms with Crippen molar-refractivity contribution in [2.24, 2.45) is 0 Å². The van der Waals surface area contributed by atoms with Crippen molar-refractivity contribution in [1.82, 2.24) is 9.88 Å². The minimum Gasteiger partial charge on any atom is -0.383 e. The summed E-state index contributed by atoms with van der Waals surface area (Å²) in [5, 5.41) is 3.83. The van der Waals surface area contributed by atoms with E-state index in [0.717, 1.165) is 16.5 Å². The molecule has 1 aliphatic heterocycles. The summed E-state index contributed by atoms with van der Waals surface area (Å²) in [5.74, 6) is -1.58. The largest absolute Gasteiger partial charge is 0.383 e. The highest BCUT2D eigenvalue weighted by Crippen LogP contribution is 2.45. The molecule has 5 rings (SSSR count). The van der Waals surface area contributed by atoms with Crippen LogP contribution in [0.15, 0.2) is 72.9 Å². The van der Waals surface area contributed by atoms with Crippen molar-refractivity contribution in [3.05, 3.63) is 101 Å². The minimum atomic E-state index is -0.718. The van der Waals surface area contributed by atoms with E-state index in [-0.39, 0.29) is 11.8 Å². The van der Waals surface area contributed by atoms with Gasteiger partial charge in [0.05, 0.1) is 18.6 Å². The van der Waals surface area contributed by atoms with Crippen molar-refractivity contribution in [2.75, 3.05) is 25.6 Å². The van der Waals surface area contributed by atoms with Crippen LogP contribution in [0.2, 0.25) is 0 Å². The number of anilines is 1. The topological polar surface area (TPSA) is 74.4 Å². The second-order valence-corrected chi connectivity index (χ2v) is 8.74. The highest BCUT2D eigenvalue weighted by molar-refractivity contribution is 6.05. The molecule has 2 heterocycles. The number of aromatic amines is 1. The van der Waals surface area contributed by atoms with E-state index in [1.807, 2.05) is 42.6 Å². The molecule has 0 spiro atoms. The van der Waals surface area contributed by atoms with Crippen molar-refractivity contribution in [2.45, 2.75) is 18.9 Å². The molecule has 0 aliphatic carbocycles. The molecule has 6 nitrogen and oxygen atoms in total. The molecule has 2 N–H and O–H groups in total. The molecule has 0 saturated heterocycles. The lowest BCUT2D eigenvalue weighted by molar-refractivity contribution is -0.119. The van der Waals surface area contributed by atoms with Gasteiger partial charge < -0.3 is 19.9 Å². The van der Waals surface area contributed by atoms with E-state index in [4.69, 9.17) is 4.74 Å². The highest BCUT2D eigenvalue weighted by atomic mass is 19.1. The van der Waals surface area contributed by atoms with Gasteiger partial charge in [0.15, 0.2) is 0 Å². The molecule has 2 atom stereocenters. The molecule has 2 amide bonds. The van der Waals surface area contributed by atoms with E-state index in [2.05, 4.69) is 10.3 Å². The zero-order chi connectivity index (χ0) is 24.5. The summed E-state index contributed by atoms with van der Waals surface area (Å²) >= 11 is 0. The van der Waals surface area contributed by atoms with Crippen molar-refractivity contribution < 1.29 is 18.7 Å². The van der Waals surface area contributed by atoms with Crippen LogP contribution < -0.4 is 5.32 Å². The van der Waals surface area contributed by atoms with Crippen LogP contribution in [0, 0.1) is 12.7 Å². The van der Waals surface area contributed by atoms with Crippen molar-refractivity contribution in [3.63, 3.8) is 0 Å². The van der Waals surface area contributed by atoms with Crippen LogP contribution in [0.4, 0.5) is 10.1 Å². The Morgan fingerprint density at radius 2 is 1.86 bits per heavy atom. The number of nitrogens with zero attached hydrogens (tertiary/aromatic N) is 1. The summed E-state index contributed by atoms with van der Waals surface area (Å²) in [6, 6.07) is 19.0. The SMILES string of the molecule is COCCN1C(=O)c2ccccc2[C@H](C(=O)Nc2ccc(C)c(F)c2)[C@@H]1c1c[nH]c2ccccc12. The highest BCUT2D eigenvalue weighted by Gasteiger charge is 2.44. The third-order valence-electron chi connectivity index (χ3n) is 6.64. The predicted octanol–water partition coefficient (Wildman–Crippen LogP) is 5.18. The third kappa shape index (κ3) is 4.08. The summed E-state index contributed by atoms with van der Waals surface area (Å²) in [6.45, 7) is 2.31. The molecule has 1 aliphatic rings. The lowest BCUT2D eigenvalue weighted by atomic mass is 9.79. The second kappa shape index (κ2) is 9.35. The van der Waals surface area contributed by atoms with Gasteiger partial charge in [-0.3, -0.25) is 9.59 Å². The molecule has 35 heavy (non-hydrogen) atoms. The Bertz CT molecular complexity index is 1410. The number of aromatic nitrogens is 1. The van der Waals surface area contributed by atoms with E-state index in [1.165, 1.54) is 6.07 Å². The molecule has 0 unspecified atom stereocenters. The maximum atomic E-state index is 14.2. The van der Waals surface area contributed by atoms with Crippen molar-refractivity contribution in [1.29, 1.82) is 0 Å². The molecular weight excluding hydrogens is 445 g/mol. The van der Waals surface area contributed by atoms with Crippen LogP contribution in [0.5, 0.6) is 0 Å². The van der Waals surface area contributed by atoms with Crippen LogP contribution in [-0.4, -0.2) is 42.0 Å². The summed E-state index contributed by atoms with van der Waals surface area (Å²) < 4.78 is 19.5. The number of ether oxygens (including phenoxy) is 1. The van der Waals surface area contributed by atoms with Gasteiger partial charge in [0.2, 0.25) is 5.91 Å². The van der Waals surface area contributed by atoms with Gasteiger partial charge in [0, 0.05) is 47.6 Å².